The average molecular weight is 505 g/mol. The van der Waals surface area contributed by atoms with E-state index < -0.39 is 5.79 Å². The Morgan fingerprint density at radius 2 is 1.75 bits per heavy atom. The van der Waals surface area contributed by atoms with Crippen molar-refractivity contribution in [1.82, 2.24) is 9.55 Å². The fourth-order valence-electron chi connectivity index (χ4n) is 4.35. The summed E-state index contributed by atoms with van der Waals surface area (Å²) in [6, 6.07) is 23.3. The Morgan fingerprint density at radius 1 is 1.03 bits per heavy atom. The Labute approximate surface area is 215 Å². The maximum atomic E-state index is 13.3. The van der Waals surface area contributed by atoms with Crippen molar-refractivity contribution < 1.29 is 18.6 Å². The van der Waals surface area contributed by atoms with Crippen LogP contribution in [0.25, 0.3) is 11.1 Å². The number of aromatic nitrogens is 2. The van der Waals surface area contributed by atoms with E-state index in [0.29, 0.717) is 19.6 Å². The summed E-state index contributed by atoms with van der Waals surface area (Å²) >= 11 is 1.77. The summed E-state index contributed by atoms with van der Waals surface area (Å²) < 4.78 is 33.3. The van der Waals surface area contributed by atoms with Gasteiger partial charge < -0.3 is 18.8 Å². The minimum atomic E-state index is -0.738. The molecule has 2 unspecified atom stereocenters. The van der Waals surface area contributed by atoms with Gasteiger partial charge in [0.2, 0.25) is 0 Å². The standard InChI is InChI=1S/C29H29FN2O3S/c1-33-26-10-4-23(5-11-26)24-6-12-28(13-7-24)36-19-27-18-34-29(35-27,20-32-17-16-31-21-32)15-14-22-2-8-25(30)9-3-22/h2-13,16-17,21,27H,14-15,18-20H2,1H3. The number of methoxy groups -OCH3 is 1. The Balaban J connectivity index is 1.19. The van der Waals surface area contributed by atoms with Crippen LogP contribution in [0.5, 0.6) is 5.75 Å². The number of rotatable bonds is 10. The van der Waals surface area contributed by atoms with E-state index in [1.165, 1.54) is 22.6 Å². The summed E-state index contributed by atoms with van der Waals surface area (Å²) in [5.41, 5.74) is 3.39. The predicted octanol–water partition coefficient (Wildman–Crippen LogP) is 6.23. The van der Waals surface area contributed by atoms with E-state index in [1.807, 2.05) is 35.0 Å². The lowest BCUT2D eigenvalue weighted by Crippen LogP contribution is -2.37. The second-order valence-corrected chi connectivity index (χ2v) is 9.98. The van der Waals surface area contributed by atoms with E-state index >= 15 is 0 Å². The SMILES string of the molecule is COc1ccc(-c2ccc(SCC3COC(CCc4ccc(F)cc4)(Cn4ccnc4)O3)cc2)cc1. The van der Waals surface area contributed by atoms with Gasteiger partial charge in [-0.1, -0.05) is 36.4 Å². The molecule has 3 aromatic carbocycles. The van der Waals surface area contributed by atoms with Crippen LogP contribution in [0.1, 0.15) is 12.0 Å². The number of imidazole rings is 1. The third-order valence-corrected chi connectivity index (χ3v) is 7.46. The van der Waals surface area contributed by atoms with Crippen LogP contribution in [0.2, 0.25) is 0 Å². The third kappa shape index (κ3) is 6.16. The first kappa shape index (κ1) is 24.6. The number of aryl methyl sites for hydroxylation is 1. The lowest BCUT2D eigenvalue weighted by atomic mass is 10.0. The molecule has 1 saturated heterocycles. The third-order valence-electron chi connectivity index (χ3n) is 6.32. The van der Waals surface area contributed by atoms with Gasteiger partial charge in [-0.15, -0.1) is 11.8 Å². The van der Waals surface area contributed by atoms with Gasteiger partial charge in [0.1, 0.15) is 11.6 Å². The first-order valence-electron chi connectivity index (χ1n) is 12.0. The molecular weight excluding hydrogens is 475 g/mol. The van der Waals surface area contributed by atoms with Crippen molar-refractivity contribution in [2.24, 2.45) is 0 Å². The van der Waals surface area contributed by atoms with Crippen molar-refractivity contribution in [2.75, 3.05) is 19.5 Å². The first-order chi connectivity index (χ1) is 17.6. The van der Waals surface area contributed by atoms with Crippen molar-refractivity contribution >= 4 is 11.8 Å². The summed E-state index contributed by atoms with van der Waals surface area (Å²) in [6.45, 7) is 1.10. The molecule has 186 valence electrons. The van der Waals surface area contributed by atoms with Gasteiger partial charge in [0, 0.05) is 29.5 Å². The zero-order valence-corrected chi connectivity index (χ0v) is 21.0. The molecule has 1 aromatic heterocycles. The van der Waals surface area contributed by atoms with Gasteiger partial charge in [-0.25, -0.2) is 9.37 Å². The van der Waals surface area contributed by atoms with E-state index in [1.54, 1.807) is 31.4 Å². The van der Waals surface area contributed by atoms with Gasteiger partial charge in [0.25, 0.3) is 0 Å². The fraction of sp³-hybridized carbons (Fsp3) is 0.276. The number of hydrogen-bond acceptors (Lipinski definition) is 5. The van der Waals surface area contributed by atoms with Crippen molar-refractivity contribution in [3.8, 4) is 16.9 Å². The molecule has 4 aromatic rings. The smallest absolute Gasteiger partial charge is 0.187 e. The van der Waals surface area contributed by atoms with Gasteiger partial charge in [-0.2, -0.15) is 0 Å². The molecule has 5 nitrogen and oxygen atoms in total. The van der Waals surface area contributed by atoms with Crippen LogP contribution in [0.4, 0.5) is 4.39 Å². The number of thioether (sulfide) groups is 1. The van der Waals surface area contributed by atoms with Crippen LogP contribution in [-0.4, -0.2) is 40.9 Å². The maximum absolute atomic E-state index is 13.3. The quantitative estimate of drug-likeness (QED) is 0.240. The Bertz CT molecular complexity index is 1230. The number of hydrogen-bond donors (Lipinski definition) is 0. The molecule has 5 rings (SSSR count). The first-order valence-corrected chi connectivity index (χ1v) is 13.0. The monoisotopic (exact) mass is 504 g/mol. The highest BCUT2D eigenvalue weighted by molar-refractivity contribution is 7.99. The molecule has 2 heterocycles. The Kier molecular flexibility index (Phi) is 7.70. The lowest BCUT2D eigenvalue weighted by Gasteiger charge is -2.28. The molecule has 0 radical (unpaired) electrons. The van der Waals surface area contributed by atoms with E-state index in [-0.39, 0.29) is 11.9 Å². The normalized spacial score (nSPS) is 19.4. The van der Waals surface area contributed by atoms with Crippen molar-refractivity contribution in [3.63, 3.8) is 0 Å². The molecule has 0 N–H and O–H groups in total. The van der Waals surface area contributed by atoms with Crippen LogP contribution in [-0.2, 0) is 22.4 Å². The molecule has 1 fully saturated rings. The van der Waals surface area contributed by atoms with Gasteiger partial charge >= 0.3 is 0 Å². The van der Waals surface area contributed by atoms with Crippen molar-refractivity contribution in [2.45, 2.75) is 36.2 Å². The summed E-state index contributed by atoms with van der Waals surface area (Å²) in [5, 5.41) is 0. The van der Waals surface area contributed by atoms with E-state index in [9.17, 15) is 4.39 Å². The van der Waals surface area contributed by atoms with Crippen LogP contribution >= 0.6 is 11.8 Å². The van der Waals surface area contributed by atoms with Gasteiger partial charge in [-0.05, 0) is 59.5 Å². The molecule has 2 atom stereocenters. The summed E-state index contributed by atoms with van der Waals surface area (Å²) in [7, 11) is 1.67. The molecule has 36 heavy (non-hydrogen) atoms. The van der Waals surface area contributed by atoms with Crippen LogP contribution in [0.15, 0.2) is 96.4 Å². The highest BCUT2D eigenvalue weighted by Gasteiger charge is 2.41. The molecule has 0 saturated carbocycles. The lowest BCUT2D eigenvalue weighted by molar-refractivity contribution is -0.180. The fourth-order valence-corrected chi connectivity index (χ4v) is 5.22. The second-order valence-electron chi connectivity index (χ2n) is 8.89. The molecule has 1 aliphatic heterocycles. The largest absolute Gasteiger partial charge is 0.497 e. The predicted molar refractivity (Wildman–Crippen MR) is 140 cm³/mol. The molecule has 0 spiro atoms. The van der Waals surface area contributed by atoms with E-state index in [0.717, 1.165) is 29.1 Å². The van der Waals surface area contributed by atoms with Gasteiger partial charge in [0.05, 0.1) is 32.7 Å². The van der Waals surface area contributed by atoms with Crippen LogP contribution < -0.4 is 4.74 Å². The minimum Gasteiger partial charge on any atom is -0.497 e. The number of benzene rings is 3. The summed E-state index contributed by atoms with van der Waals surface area (Å²) in [5.74, 6) is 0.684. The number of ether oxygens (including phenoxy) is 3. The second kappa shape index (κ2) is 11.3. The van der Waals surface area contributed by atoms with Gasteiger partial charge in [-0.3, -0.25) is 0 Å². The zero-order chi connectivity index (χ0) is 24.8. The highest BCUT2D eigenvalue weighted by Crippen LogP contribution is 2.34. The van der Waals surface area contributed by atoms with Crippen molar-refractivity contribution in [1.29, 1.82) is 0 Å². The van der Waals surface area contributed by atoms with Crippen LogP contribution in [0.3, 0.4) is 0 Å². The molecular formula is C29H29FN2O3S. The van der Waals surface area contributed by atoms with E-state index in [4.69, 9.17) is 14.2 Å². The Morgan fingerprint density at radius 3 is 2.42 bits per heavy atom. The van der Waals surface area contributed by atoms with E-state index in [2.05, 4.69) is 41.4 Å². The zero-order valence-electron chi connectivity index (χ0n) is 20.2. The average Bonchev–Trinajstić information content (AvgIpc) is 3.58. The summed E-state index contributed by atoms with van der Waals surface area (Å²) in [6.07, 6.45) is 6.84. The van der Waals surface area contributed by atoms with Gasteiger partial charge in [0.15, 0.2) is 5.79 Å². The number of halogens is 1. The Hall–Kier alpha value is -3.13. The highest BCUT2D eigenvalue weighted by atomic mass is 32.2. The number of nitrogens with zero attached hydrogens (tertiary/aromatic N) is 2. The summed E-state index contributed by atoms with van der Waals surface area (Å²) in [4.78, 5) is 5.34. The molecule has 0 amide bonds. The molecule has 1 aliphatic rings. The molecule has 0 bridgehead atoms. The maximum Gasteiger partial charge on any atom is 0.187 e. The van der Waals surface area contributed by atoms with Crippen molar-refractivity contribution in [3.05, 3.63) is 103 Å². The minimum absolute atomic E-state index is 0.0204. The molecule has 7 heteroatoms. The topological polar surface area (TPSA) is 45.5 Å². The molecule has 0 aliphatic carbocycles. The van der Waals surface area contributed by atoms with Crippen LogP contribution in [0, 0.1) is 5.82 Å².